The summed E-state index contributed by atoms with van der Waals surface area (Å²) in [6, 6.07) is 0.0157. The number of nitrogens with zero attached hydrogens (tertiary/aromatic N) is 3. The predicted octanol–water partition coefficient (Wildman–Crippen LogP) is 2.21. The predicted molar refractivity (Wildman–Crippen MR) is 87.0 cm³/mol. The van der Waals surface area contributed by atoms with E-state index in [-0.39, 0.29) is 6.03 Å². The zero-order valence-corrected chi connectivity index (χ0v) is 13.7. The van der Waals surface area contributed by atoms with Crippen LogP contribution in [-0.2, 0) is 6.54 Å². The Hall–Kier alpha value is -1.56. The maximum absolute atomic E-state index is 12.5. The van der Waals surface area contributed by atoms with Crippen molar-refractivity contribution < 1.29 is 4.79 Å². The van der Waals surface area contributed by atoms with Crippen molar-refractivity contribution >= 4 is 11.7 Å². The highest BCUT2D eigenvalue weighted by Gasteiger charge is 2.41. The van der Waals surface area contributed by atoms with Gasteiger partial charge in [-0.1, -0.05) is 13.3 Å². The minimum atomic E-state index is 0.0157. The quantitative estimate of drug-likeness (QED) is 0.896. The second-order valence-electron chi connectivity index (χ2n) is 6.75. The van der Waals surface area contributed by atoms with Gasteiger partial charge < -0.3 is 15.5 Å². The third-order valence-electron chi connectivity index (χ3n) is 5.13. The summed E-state index contributed by atoms with van der Waals surface area (Å²) in [4.78, 5) is 14.4. The normalized spacial score (nSPS) is 24.4. The molecule has 2 aliphatic rings. The minimum absolute atomic E-state index is 0.0157. The van der Waals surface area contributed by atoms with Gasteiger partial charge in [0.2, 0.25) is 0 Å². The van der Waals surface area contributed by atoms with Gasteiger partial charge in [-0.25, -0.2) is 4.79 Å². The Morgan fingerprint density at radius 2 is 2.36 bits per heavy atom. The molecule has 122 valence electrons. The van der Waals surface area contributed by atoms with Gasteiger partial charge >= 0.3 is 6.03 Å². The van der Waals surface area contributed by atoms with Crippen LogP contribution in [-0.4, -0.2) is 46.9 Å². The van der Waals surface area contributed by atoms with Crippen molar-refractivity contribution in [2.45, 2.75) is 46.1 Å². The third kappa shape index (κ3) is 2.97. The van der Waals surface area contributed by atoms with E-state index in [1.165, 1.54) is 6.42 Å². The summed E-state index contributed by atoms with van der Waals surface area (Å²) in [7, 11) is 0. The SMILES string of the molecule is CCCCn1ncc(NC(=O)N2CCC3(CCNC3)C2)c1C. The first-order chi connectivity index (χ1) is 10.6. The highest BCUT2D eigenvalue weighted by atomic mass is 16.2. The van der Waals surface area contributed by atoms with Crippen LogP contribution in [0.5, 0.6) is 0 Å². The van der Waals surface area contributed by atoms with Crippen LogP contribution in [0.2, 0.25) is 0 Å². The van der Waals surface area contributed by atoms with Crippen molar-refractivity contribution in [3.05, 3.63) is 11.9 Å². The molecule has 3 rings (SSSR count). The van der Waals surface area contributed by atoms with E-state index in [0.29, 0.717) is 5.41 Å². The topological polar surface area (TPSA) is 62.2 Å². The summed E-state index contributed by atoms with van der Waals surface area (Å²) in [5, 5.41) is 10.8. The largest absolute Gasteiger partial charge is 0.324 e. The summed E-state index contributed by atoms with van der Waals surface area (Å²) in [6.07, 6.45) is 6.32. The zero-order chi connectivity index (χ0) is 15.6. The van der Waals surface area contributed by atoms with E-state index in [1.807, 2.05) is 16.5 Å². The second kappa shape index (κ2) is 6.28. The van der Waals surface area contributed by atoms with Crippen molar-refractivity contribution in [3.63, 3.8) is 0 Å². The average molecular weight is 305 g/mol. The van der Waals surface area contributed by atoms with Gasteiger partial charge in [0.05, 0.1) is 17.6 Å². The standard InChI is InChI=1S/C16H27N5O/c1-3-4-8-21-13(2)14(10-18-21)19-15(22)20-9-6-16(12-20)5-7-17-11-16/h10,17H,3-9,11-12H2,1-2H3,(H,19,22). The summed E-state index contributed by atoms with van der Waals surface area (Å²) < 4.78 is 1.98. The van der Waals surface area contributed by atoms with Gasteiger partial charge in [-0.2, -0.15) is 5.10 Å². The lowest BCUT2D eigenvalue weighted by atomic mass is 9.87. The van der Waals surface area contributed by atoms with Gasteiger partial charge in [-0.3, -0.25) is 4.68 Å². The molecule has 0 bridgehead atoms. The van der Waals surface area contributed by atoms with Crippen LogP contribution in [0, 0.1) is 12.3 Å². The molecule has 1 atom stereocenters. The van der Waals surface area contributed by atoms with Crippen LogP contribution in [0.15, 0.2) is 6.20 Å². The summed E-state index contributed by atoms with van der Waals surface area (Å²) in [5.74, 6) is 0. The number of hydrogen-bond acceptors (Lipinski definition) is 3. The summed E-state index contributed by atoms with van der Waals surface area (Å²) in [6.45, 7) is 8.96. The van der Waals surface area contributed by atoms with Crippen molar-refractivity contribution in [2.24, 2.45) is 5.41 Å². The third-order valence-corrected chi connectivity index (χ3v) is 5.13. The minimum Gasteiger partial charge on any atom is -0.324 e. The van der Waals surface area contributed by atoms with Gasteiger partial charge in [0.25, 0.3) is 0 Å². The van der Waals surface area contributed by atoms with Crippen molar-refractivity contribution in [3.8, 4) is 0 Å². The number of unbranched alkanes of at least 4 members (excludes halogenated alkanes) is 1. The Morgan fingerprint density at radius 1 is 1.50 bits per heavy atom. The van der Waals surface area contributed by atoms with E-state index in [4.69, 9.17) is 0 Å². The highest BCUT2D eigenvalue weighted by molar-refractivity contribution is 5.90. The number of carbonyl (C=O) groups is 1. The number of rotatable bonds is 4. The molecule has 1 aromatic heterocycles. The molecule has 0 aliphatic carbocycles. The molecule has 2 saturated heterocycles. The smallest absolute Gasteiger partial charge is 0.321 e. The summed E-state index contributed by atoms with van der Waals surface area (Å²) >= 11 is 0. The molecule has 1 aromatic rings. The lowest BCUT2D eigenvalue weighted by molar-refractivity contribution is 0.215. The molecule has 2 fully saturated rings. The molecule has 0 radical (unpaired) electrons. The molecule has 6 nitrogen and oxygen atoms in total. The molecule has 1 spiro atoms. The number of aryl methyl sites for hydroxylation is 1. The van der Waals surface area contributed by atoms with E-state index < -0.39 is 0 Å². The van der Waals surface area contributed by atoms with E-state index in [9.17, 15) is 4.79 Å². The molecule has 3 heterocycles. The maximum Gasteiger partial charge on any atom is 0.321 e. The zero-order valence-electron chi connectivity index (χ0n) is 13.7. The van der Waals surface area contributed by atoms with Gasteiger partial charge in [-0.05, 0) is 32.7 Å². The number of carbonyl (C=O) groups excluding carboxylic acids is 1. The van der Waals surface area contributed by atoms with Crippen molar-refractivity contribution in [1.29, 1.82) is 0 Å². The van der Waals surface area contributed by atoms with E-state index in [0.717, 1.165) is 63.4 Å². The number of amides is 2. The van der Waals surface area contributed by atoms with Gasteiger partial charge in [0.15, 0.2) is 0 Å². The number of aromatic nitrogens is 2. The second-order valence-corrected chi connectivity index (χ2v) is 6.75. The number of urea groups is 1. The molecule has 0 saturated carbocycles. The van der Waals surface area contributed by atoms with Crippen LogP contribution in [0.1, 0.15) is 38.3 Å². The van der Waals surface area contributed by atoms with Gasteiger partial charge in [-0.15, -0.1) is 0 Å². The first kappa shape index (κ1) is 15.3. The maximum atomic E-state index is 12.5. The van der Waals surface area contributed by atoms with Crippen LogP contribution >= 0.6 is 0 Å². The Kier molecular flexibility index (Phi) is 4.38. The molecule has 2 N–H and O–H groups in total. The fourth-order valence-corrected chi connectivity index (χ4v) is 3.55. The molecule has 2 amide bonds. The molecular formula is C16H27N5O. The van der Waals surface area contributed by atoms with Crippen LogP contribution in [0.3, 0.4) is 0 Å². The van der Waals surface area contributed by atoms with Gasteiger partial charge in [0.1, 0.15) is 0 Å². The van der Waals surface area contributed by atoms with Crippen LogP contribution in [0.25, 0.3) is 0 Å². The number of hydrogen-bond donors (Lipinski definition) is 2. The first-order valence-electron chi connectivity index (χ1n) is 8.43. The van der Waals surface area contributed by atoms with Crippen LogP contribution < -0.4 is 10.6 Å². The fourth-order valence-electron chi connectivity index (χ4n) is 3.55. The molecule has 0 aromatic carbocycles. The Morgan fingerprint density at radius 3 is 3.09 bits per heavy atom. The lowest BCUT2D eigenvalue weighted by Crippen LogP contribution is -2.36. The van der Waals surface area contributed by atoms with E-state index >= 15 is 0 Å². The lowest BCUT2D eigenvalue weighted by Gasteiger charge is -2.22. The summed E-state index contributed by atoms with van der Waals surface area (Å²) in [5.41, 5.74) is 2.20. The molecule has 6 heteroatoms. The fraction of sp³-hybridized carbons (Fsp3) is 0.750. The Bertz CT molecular complexity index is 533. The molecule has 1 unspecified atom stereocenters. The van der Waals surface area contributed by atoms with Gasteiger partial charge in [0, 0.05) is 31.6 Å². The number of likely N-dealkylation sites (tertiary alicyclic amines) is 1. The first-order valence-corrected chi connectivity index (χ1v) is 8.43. The average Bonchev–Trinajstić information content (AvgIpc) is 3.22. The van der Waals surface area contributed by atoms with E-state index in [2.05, 4.69) is 22.7 Å². The van der Waals surface area contributed by atoms with Crippen molar-refractivity contribution in [2.75, 3.05) is 31.5 Å². The number of anilines is 1. The Balaban J connectivity index is 1.59. The van der Waals surface area contributed by atoms with E-state index in [1.54, 1.807) is 6.20 Å². The molecule has 2 aliphatic heterocycles. The van der Waals surface area contributed by atoms with Crippen LogP contribution in [0.4, 0.5) is 10.5 Å². The van der Waals surface area contributed by atoms with Crippen molar-refractivity contribution in [1.82, 2.24) is 20.0 Å². The number of nitrogens with one attached hydrogen (secondary N) is 2. The molecule has 22 heavy (non-hydrogen) atoms. The molecular weight excluding hydrogens is 278 g/mol. The monoisotopic (exact) mass is 305 g/mol. The highest BCUT2D eigenvalue weighted by Crippen LogP contribution is 2.36. The Labute approximate surface area is 132 Å².